The summed E-state index contributed by atoms with van der Waals surface area (Å²) in [5.74, 6) is -0.647. The zero-order valence-corrected chi connectivity index (χ0v) is 17.6. The van der Waals surface area contributed by atoms with Crippen molar-refractivity contribution < 1.29 is 23.1 Å². The molecule has 0 unspecified atom stereocenters. The zero-order chi connectivity index (χ0) is 23.6. The van der Waals surface area contributed by atoms with Crippen molar-refractivity contribution in [2.75, 3.05) is 18.5 Å². The largest absolute Gasteiger partial charge is 0.407 e. The molecular weight excluding hydrogens is 407 g/mol. The lowest BCUT2D eigenvalue weighted by molar-refractivity contribution is -0.137. The van der Waals surface area contributed by atoms with E-state index < -0.39 is 35.2 Å². The lowest BCUT2D eigenvalue weighted by Crippen LogP contribution is -2.46. The van der Waals surface area contributed by atoms with E-state index in [9.17, 15) is 23.1 Å². The Labute approximate surface area is 179 Å². The van der Waals surface area contributed by atoms with Gasteiger partial charge in [0, 0.05) is 19.2 Å². The van der Waals surface area contributed by atoms with Crippen molar-refractivity contribution in [3.8, 4) is 6.07 Å². The maximum atomic E-state index is 13.2. The van der Waals surface area contributed by atoms with E-state index in [1.807, 2.05) is 6.92 Å². The fourth-order valence-electron chi connectivity index (χ4n) is 3.37. The highest BCUT2D eigenvalue weighted by Gasteiger charge is 2.35. The monoisotopic (exact) mass is 429 g/mol. The maximum Gasteiger partial charge on any atom is 0.407 e. The average molecular weight is 429 g/mol. The van der Waals surface area contributed by atoms with Crippen LogP contribution < -0.4 is 4.90 Å². The van der Waals surface area contributed by atoms with Gasteiger partial charge in [-0.15, -0.1) is 0 Å². The molecule has 0 saturated carbocycles. The summed E-state index contributed by atoms with van der Waals surface area (Å²) in [6.07, 6.45) is -5.12. The highest BCUT2D eigenvalue weighted by Crippen LogP contribution is 2.37. The second-order valence-electron chi connectivity index (χ2n) is 7.68. The second-order valence-corrected chi connectivity index (χ2v) is 7.68. The molecule has 2 aromatic rings. The molecule has 2 aromatic carbocycles. The zero-order valence-electron chi connectivity index (χ0n) is 17.6. The van der Waals surface area contributed by atoms with Crippen molar-refractivity contribution >= 4 is 17.2 Å². The van der Waals surface area contributed by atoms with Crippen molar-refractivity contribution in [1.29, 1.82) is 5.26 Å². The smallest absolute Gasteiger partial charge is 0.380 e. The molecule has 31 heavy (non-hydrogen) atoms. The van der Waals surface area contributed by atoms with Gasteiger partial charge in [0.1, 0.15) is 5.60 Å². The maximum absolute atomic E-state index is 13.2. The summed E-state index contributed by atoms with van der Waals surface area (Å²) in [4.78, 5) is 17.3. The van der Waals surface area contributed by atoms with Crippen LogP contribution in [0.5, 0.6) is 0 Å². The number of ketones is 1. The van der Waals surface area contributed by atoms with Gasteiger partial charge in [-0.3, -0.25) is 4.79 Å². The van der Waals surface area contributed by atoms with Crippen molar-refractivity contribution in [1.82, 2.24) is 0 Å². The van der Waals surface area contributed by atoms with Crippen molar-refractivity contribution in [2.45, 2.75) is 39.0 Å². The lowest BCUT2D eigenvalue weighted by Gasteiger charge is -2.31. The van der Waals surface area contributed by atoms with Gasteiger partial charge in [0.25, 0.3) is 0 Å². The van der Waals surface area contributed by atoms with E-state index in [0.29, 0.717) is 5.56 Å². The summed E-state index contributed by atoms with van der Waals surface area (Å²) in [6, 6.07) is 8.57. The standard InChI is InChI=1S/C23H22F3N3O2/c1-14-15(2)20(9-7-17(14)12-27)29(5)13-22(3,31)21(30)11-16-6-8-19(28-4)18(10-16)23(24,25)26/h6-10,31H,11,13H2,1-3,5H3/t22-/m0/s1. The minimum Gasteiger partial charge on any atom is -0.380 e. The summed E-state index contributed by atoms with van der Waals surface area (Å²) in [5.41, 5.74) is -0.536. The predicted molar refractivity (Wildman–Crippen MR) is 111 cm³/mol. The molecule has 0 spiro atoms. The van der Waals surface area contributed by atoms with Gasteiger partial charge in [0.15, 0.2) is 11.5 Å². The average Bonchev–Trinajstić information content (AvgIpc) is 2.68. The Morgan fingerprint density at radius 1 is 1.23 bits per heavy atom. The molecule has 0 aliphatic carbocycles. The van der Waals surface area contributed by atoms with E-state index in [2.05, 4.69) is 10.9 Å². The Balaban J connectivity index is 2.24. The quantitative estimate of drug-likeness (QED) is 0.674. The van der Waals surface area contributed by atoms with Crippen LogP contribution in [0.4, 0.5) is 24.5 Å². The van der Waals surface area contributed by atoms with Crippen LogP contribution in [0, 0.1) is 31.8 Å². The molecule has 0 aromatic heterocycles. The second kappa shape index (κ2) is 8.79. The number of carbonyl (C=O) groups excluding carboxylic acids is 1. The number of benzene rings is 2. The third kappa shape index (κ3) is 5.22. The van der Waals surface area contributed by atoms with E-state index >= 15 is 0 Å². The van der Waals surface area contributed by atoms with Gasteiger partial charge in [-0.25, -0.2) is 4.85 Å². The highest BCUT2D eigenvalue weighted by atomic mass is 19.4. The molecule has 0 saturated heterocycles. The topological polar surface area (TPSA) is 68.7 Å². The van der Waals surface area contributed by atoms with Crippen LogP contribution in [0.1, 0.15) is 34.7 Å². The van der Waals surface area contributed by atoms with E-state index in [1.165, 1.54) is 13.0 Å². The van der Waals surface area contributed by atoms with Gasteiger partial charge in [-0.1, -0.05) is 18.2 Å². The van der Waals surface area contributed by atoms with Crippen LogP contribution in [0.3, 0.4) is 0 Å². The number of alkyl halides is 3. The van der Waals surface area contributed by atoms with Gasteiger partial charge in [-0.2, -0.15) is 18.4 Å². The number of carbonyl (C=O) groups is 1. The molecule has 0 heterocycles. The van der Waals surface area contributed by atoms with Crippen LogP contribution in [0.15, 0.2) is 30.3 Å². The fraction of sp³-hybridized carbons (Fsp3) is 0.348. The van der Waals surface area contributed by atoms with Crippen molar-refractivity contribution in [3.05, 3.63) is 69.6 Å². The third-order valence-electron chi connectivity index (χ3n) is 5.29. The lowest BCUT2D eigenvalue weighted by atomic mass is 9.93. The summed E-state index contributed by atoms with van der Waals surface area (Å²) in [5, 5.41) is 19.9. The van der Waals surface area contributed by atoms with Crippen LogP contribution >= 0.6 is 0 Å². The van der Waals surface area contributed by atoms with Crippen molar-refractivity contribution in [2.24, 2.45) is 0 Å². The molecular formula is C23H22F3N3O2. The first-order chi connectivity index (χ1) is 14.3. The number of nitriles is 1. The Bertz CT molecular complexity index is 1090. The van der Waals surface area contributed by atoms with E-state index in [0.717, 1.165) is 28.9 Å². The fourth-order valence-corrected chi connectivity index (χ4v) is 3.37. The number of nitrogens with zero attached hydrogens (tertiary/aromatic N) is 3. The number of likely N-dealkylation sites (N-methyl/N-ethyl adjacent to an activating group) is 1. The SMILES string of the molecule is [C-]#[N+]c1ccc(CC(=O)[C@@](C)(O)CN(C)c2ccc(C#N)c(C)c2C)cc1C(F)(F)F. The summed E-state index contributed by atoms with van der Waals surface area (Å²) < 4.78 is 39.5. The minimum atomic E-state index is -4.72. The van der Waals surface area contributed by atoms with Crippen LogP contribution in [0.25, 0.3) is 4.85 Å². The number of rotatable bonds is 6. The Kier molecular flexibility index (Phi) is 6.78. The first kappa shape index (κ1) is 23.9. The predicted octanol–water partition coefficient (Wildman–Crippen LogP) is 4.74. The van der Waals surface area contributed by atoms with E-state index in [1.54, 1.807) is 31.0 Å². The van der Waals surface area contributed by atoms with Crippen LogP contribution in [-0.2, 0) is 17.4 Å². The third-order valence-corrected chi connectivity index (χ3v) is 5.29. The highest BCUT2D eigenvalue weighted by molar-refractivity contribution is 5.89. The number of anilines is 1. The molecule has 1 atom stereocenters. The number of Topliss-reactive ketones (excluding diaryl/α,β-unsaturated/α-hetero) is 1. The van der Waals surface area contributed by atoms with Gasteiger partial charge < -0.3 is 10.0 Å². The molecule has 0 fully saturated rings. The van der Waals surface area contributed by atoms with E-state index in [-0.39, 0.29) is 12.1 Å². The molecule has 0 aliphatic rings. The molecule has 0 aliphatic heterocycles. The molecule has 8 heteroatoms. The number of aliphatic hydroxyl groups is 1. The Hall–Kier alpha value is -3.36. The Morgan fingerprint density at radius 3 is 2.42 bits per heavy atom. The molecule has 0 radical (unpaired) electrons. The normalized spacial score (nSPS) is 13.1. The van der Waals surface area contributed by atoms with Crippen molar-refractivity contribution in [3.63, 3.8) is 0 Å². The van der Waals surface area contributed by atoms with Gasteiger partial charge >= 0.3 is 6.18 Å². The van der Waals surface area contributed by atoms with Gasteiger partial charge in [-0.05, 0) is 49.6 Å². The van der Waals surface area contributed by atoms with Crippen LogP contribution in [-0.4, -0.2) is 30.1 Å². The molecule has 0 amide bonds. The number of hydrogen-bond acceptors (Lipinski definition) is 4. The summed E-state index contributed by atoms with van der Waals surface area (Å²) >= 11 is 0. The summed E-state index contributed by atoms with van der Waals surface area (Å²) in [7, 11) is 1.68. The molecule has 2 rings (SSSR count). The minimum absolute atomic E-state index is 0.0676. The number of halogens is 3. The van der Waals surface area contributed by atoms with Crippen LogP contribution in [0.2, 0.25) is 0 Å². The number of hydrogen-bond donors (Lipinski definition) is 1. The Morgan fingerprint density at radius 2 is 1.87 bits per heavy atom. The summed E-state index contributed by atoms with van der Waals surface area (Å²) in [6.45, 7) is 11.7. The first-order valence-electron chi connectivity index (χ1n) is 9.36. The van der Waals surface area contributed by atoms with Gasteiger partial charge in [0.2, 0.25) is 0 Å². The molecule has 162 valence electrons. The van der Waals surface area contributed by atoms with E-state index in [4.69, 9.17) is 11.8 Å². The first-order valence-corrected chi connectivity index (χ1v) is 9.36. The molecule has 5 nitrogen and oxygen atoms in total. The van der Waals surface area contributed by atoms with Gasteiger partial charge in [0.05, 0.1) is 30.3 Å². The molecule has 1 N–H and O–H groups in total. The molecule has 0 bridgehead atoms.